The predicted octanol–water partition coefficient (Wildman–Crippen LogP) is 4.60. The quantitative estimate of drug-likeness (QED) is 0.704. The van der Waals surface area contributed by atoms with Crippen molar-refractivity contribution in [1.82, 2.24) is 14.5 Å². The first-order valence-electron chi connectivity index (χ1n) is 10.1. The number of aliphatic hydroxyl groups is 1. The first-order chi connectivity index (χ1) is 13.5. The number of aromatic nitrogens is 2. The van der Waals surface area contributed by atoms with E-state index >= 15 is 0 Å². The second kappa shape index (κ2) is 6.58. The molecule has 2 atom stereocenters. The Morgan fingerprint density at radius 2 is 2.04 bits per heavy atom. The molecule has 3 aromatic rings. The van der Waals surface area contributed by atoms with Crippen LogP contribution in [0.1, 0.15) is 48.2 Å². The Balaban J connectivity index is 1.71. The van der Waals surface area contributed by atoms with Crippen LogP contribution in [0, 0.1) is 6.92 Å². The van der Waals surface area contributed by atoms with Gasteiger partial charge in [0.25, 0.3) is 0 Å². The van der Waals surface area contributed by atoms with E-state index in [1.54, 1.807) is 12.4 Å². The molecule has 2 aromatic heterocycles. The van der Waals surface area contributed by atoms with Crippen molar-refractivity contribution in [3.8, 4) is 0 Å². The number of rotatable bonds is 3. The second-order valence-corrected chi connectivity index (χ2v) is 8.95. The molecule has 0 bridgehead atoms. The third-order valence-electron chi connectivity index (χ3n) is 6.51. The molecule has 0 amide bonds. The van der Waals surface area contributed by atoms with Crippen LogP contribution in [-0.2, 0) is 18.6 Å². The highest BCUT2D eigenvalue weighted by Crippen LogP contribution is 2.45. The summed E-state index contributed by atoms with van der Waals surface area (Å²) in [5, 5.41) is 13.4. The van der Waals surface area contributed by atoms with Crippen molar-refractivity contribution < 1.29 is 5.11 Å². The average molecular weight is 396 g/mol. The Morgan fingerprint density at radius 1 is 1.25 bits per heavy atom. The number of hydrogen-bond acceptors (Lipinski definition) is 3. The van der Waals surface area contributed by atoms with Crippen molar-refractivity contribution in [2.24, 2.45) is 0 Å². The molecule has 1 saturated heterocycles. The van der Waals surface area contributed by atoms with E-state index in [-0.39, 0.29) is 0 Å². The van der Waals surface area contributed by atoms with Crippen molar-refractivity contribution in [2.45, 2.75) is 51.3 Å². The van der Waals surface area contributed by atoms with Crippen molar-refractivity contribution in [1.29, 1.82) is 0 Å². The molecular weight excluding hydrogens is 370 g/mol. The highest BCUT2D eigenvalue weighted by atomic mass is 35.5. The number of nitrogens with zero attached hydrogens (tertiary/aromatic N) is 3. The van der Waals surface area contributed by atoms with Crippen molar-refractivity contribution in [3.05, 3.63) is 64.1 Å². The third-order valence-corrected chi connectivity index (χ3v) is 6.79. The maximum atomic E-state index is 11.3. The number of hydrogen-bond donors (Lipinski definition) is 1. The summed E-state index contributed by atoms with van der Waals surface area (Å²) in [5.41, 5.74) is 4.92. The van der Waals surface area contributed by atoms with E-state index < -0.39 is 5.60 Å². The van der Waals surface area contributed by atoms with E-state index in [4.69, 9.17) is 11.6 Å². The minimum Gasteiger partial charge on any atom is -0.384 e. The topological polar surface area (TPSA) is 41.3 Å². The van der Waals surface area contributed by atoms with Crippen LogP contribution in [0.2, 0.25) is 5.02 Å². The summed E-state index contributed by atoms with van der Waals surface area (Å²) >= 11 is 6.78. The molecule has 2 aliphatic rings. The zero-order chi connectivity index (χ0) is 19.5. The standard InChI is InChI=1S/C23H26ClN3O/c1-15-12-17-21-19-4-3-10-26(19)11-7-20(21)27(22(17)18(24)13-15)14-23(2,28)16-5-8-25-9-6-16/h5-6,8-9,12-13,19,28H,3-4,7,10-11,14H2,1-2H3/t19-,23-/m1/s1. The van der Waals surface area contributed by atoms with Gasteiger partial charge in [0.05, 0.1) is 17.1 Å². The Kier molecular flexibility index (Phi) is 4.27. The molecule has 0 spiro atoms. The van der Waals surface area contributed by atoms with Crippen molar-refractivity contribution in [2.75, 3.05) is 13.1 Å². The number of pyridine rings is 1. The summed E-state index contributed by atoms with van der Waals surface area (Å²) < 4.78 is 2.29. The van der Waals surface area contributed by atoms with Crippen LogP contribution in [0.15, 0.2) is 36.7 Å². The van der Waals surface area contributed by atoms with Gasteiger partial charge in [-0.15, -0.1) is 0 Å². The van der Waals surface area contributed by atoms with E-state index in [0.29, 0.717) is 12.6 Å². The van der Waals surface area contributed by atoms with E-state index in [0.717, 1.165) is 29.1 Å². The molecular formula is C23H26ClN3O. The summed E-state index contributed by atoms with van der Waals surface area (Å²) in [6, 6.07) is 8.58. The molecule has 4 heterocycles. The van der Waals surface area contributed by atoms with Crippen LogP contribution >= 0.6 is 11.6 Å². The Labute approximate surface area is 170 Å². The van der Waals surface area contributed by atoms with Gasteiger partial charge in [-0.2, -0.15) is 0 Å². The molecule has 1 N–H and O–H groups in total. The van der Waals surface area contributed by atoms with E-state index in [1.165, 1.54) is 41.6 Å². The molecule has 0 radical (unpaired) electrons. The lowest BCUT2D eigenvalue weighted by Crippen LogP contribution is -2.33. The SMILES string of the molecule is Cc1cc(Cl)c2c(c1)c1c(n2C[C@@](C)(O)c2ccncc2)CCN2CCC[C@H]12. The summed E-state index contributed by atoms with van der Waals surface area (Å²) in [6.45, 7) is 6.75. The van der Waals surface area contributed by atoms with Gasteiger partial charge in [-0.05, 0) is 74.2 Å². The molecule has 1 aromatic carbocycles. The lowest BCUT2D eigenvalue weighted by atomic mass is 9.94. The molecule has 0 saturated carbocycles. The summed E-state index contributed by atoms with van der Waals surface area (Å²) in [6.07, 6.45) is 6.94. The number of aryl methyl sites for hydroxylation is 1. The fraction of sp³-hybridized carbons (Fsp3) is 0.435. The minimum absolute atomic E-state index is 0.483. The molecule has 4 nitrogen and oxygen atoms in total. The van der Waals surface area contributed by atoms with Gasteiger partial charge in [-0.25, -0.2) is 0 Å². The van der Waals surface area contributed by atoms with Gasteiger partial charge in [-0.1, -0.05) is 11.6 Å². The maximum Gasteiger partial charge on any atom is 0.105 e. The highest BCUT2D eigenvalue weighted by Gasteiger charge is 2.37. The summed E-state index contributed by atoms with van der Waals surface area (Å²) in [4.78, 5) is 6.71. The summed E-state index contributed by atoms with van der Waals surface area (Å²) in [7, 11) is 0. The van der Waals surface area contributed by atoms with Gasteiger partial charge < -0.3 is 9.67 Å². The first kappa shape index (κ1) is 18.2. The molecule has 5 rings (SSSR count). The third kappa shape index (κ3) is 2.78. The molecule has 0 aliphatic carbocycles. The van der Waals surface area contributed by atoms with Gasteiger partial charge in [0.2, 0.25) is 0 Å². The molecule has 28 heavy (non-hydrogen) atoms. The van der Waals surface area contributed by atoms with Crippen LogP contribution in [0.25, 0.3) is 10.9 Å². The smallest absolute Gasteiger partial charge is 0.105 e. The normalized spacial score (nSPS) is 21.5. The molecule has 5 heteroatoms. The van der Waals surface area contributed by atoms with Crippen LogP contribution in [-0.4, -0.2) is 32.6 Å². The van der Waals surface area contributed by atoms with Crippen molar-refractivity contribution >= 4 is 22.5 Å². The maximum absolute atomic E-state index is 11.3. The van der Waals surface area contributed by atoms with Crippen LogP contribution in [0.4, 0.5) is 0 Å². The van der Waals surface area contributed by atoms with Crippen LogP contribution in [0.3, 0.4) is 0 Å². The molecule has 2 aliphatic heterocycles. The van der Waals surface area contributed by atoms with E-state index in [9.17, 15) is 5.11 Å². The van der Waals surface area contributed by atoms with E-state index in [1.807, 2.05) is 25.1 Å². The fourth-order valence-corrected chi connectivity index (χ4v) is 5.62. The highest BCUT2D eigenvalue weighted by molar-refractivity contribution is 6.35. The lowest BCUT2D eigenvalue weighted by Gasteiger charge is -2.32. The monoisotopic (exact) mass is 395 g/mol. The fourth-order valence-electron chi connectivity index (χ4n) is 5.25. The number of benzene rings is 1. The van der Waals surface area contributed by atoms with Gasteiger partial charge >= 0.3 is 0 Å². The first-order valence-corrected chi connectivity index (χ1v) is 10.5. The molecule has 1 fully saturated rings. The van der Waals surface area contributed by atoms with Gasteiger partial charge in [0.15, 0.2) is 0 Å². The summed E-state index contributed by atoms with van der Waals surface area (Å²) in [5.74, 6) is 0. The lowest BCUT2D eigenvalue weighted by molar-refractivity contribution is 0.0383. The zero-order valence-corrected chi connectivity index (χ0v) is 17.2. The van der Waals surface area contributed by atoms with Gasteiger partial charge in [-0.3, -0.25) is 9.88 Å². The molecule has 0 unspecified atom stereocenters. The van der Waals surface area contributed by atoms with Crippen molar-refractivity contribution in [3.63, 3.8) is 0 Å². The van der Waals surface area contributed by atoms with Crippen LogP contribution < -0.4 is 0 Å². The Morgan fingerprint density at radius 3 is 2.82 bits per heavy atom. The zero-order valence-electron chi connectivity index (χ0n) is 16.5. The van der Waals surface area contributed by atoms with Gasteiger partial charge in [0.1, 0.15) is 5.60 Å². The Hall–Kier alpha value is -1.88. The largest absolute Gasteiger partial charge is 0.384 e. The number of halogens is 1. The minimum atomic E-state index is -0.996. The van der Waals surface area contributed by atoms with Crippen LogP contribution in [0.5, 0.6) is 0 Å². The van der Waals surface area contributed by atoms with E-state index in [2.05, 4.69) is 27.4 Å². The average Bonchev–Trinajstić information content (AvgIpc) is 3.25. The molecule has 146 valence electrons. The Bertz CT molecular complexity index is 1040. The number of fused-ring (bicyclic) bond motifs is 5. The second-order valence-electron chi connectivity index (χ2n) is 8.54. The van der Waals surface area contributed by atoms with Gasteiger partial charge in [0, 0.05) is 42.5 Å². The predicted molar refractivity (Wildman–Crippen MR) is 113 cm³/mol.